The number of ether oxygens (including phenoxy) is 1. The molecule has 0 unspecified atom stereocenters. The number of carbonyl (C=O) groups is 1. The molecule has 1 fully saturated rings. The third-order valence-electron chi connectivity index (χ3n) is 3.08. The number of hydrogen-bond donors (Lipinski definition) is 1. The highest BCUT2D eigenvalue weighted by molar-refractivity contribution is 6.31. The minimum absolute atomic E-state index is 0.0143. The second kappa shape index (κ2) is 5.81. The molecule has 0 bridgehead atoms. The molecule has 0 aromatic heterocycles. The van der Waals surface area contributed by atoms with Crippen LogP contribution in [0.2, 0.25) is 5.02 Å². The van der Waals surface area contributed by atoms with Crippen LogP contribution in [0.5, 0.6) is 5.75 Å². The molecule has 1 saturated heterocycles. The fraction of sp³-hybridized carbons (Fsp3) is 0.385. The van der Waals surface area contributed by atoms with Crippen LogP contribution in [0.3, 0.4) is 0 Å². The SMILES string of the molecule is N#Cc1ccc(OC2CCN(C(=O)O)CC2)cc1Cl. The number of piperidine rings is 1. The van der Waals surface area contributed by atoms with Crippen molar-refractivity contribution in [3.63, 3.8) is 0 Å². The molecule has 0 radical (unpaired) electrons. The van der Waals surface area contributed by atoms with E-state index in [1.54, 1.807) is 18.2 Å². The molecule has 1 aromatic rings. The van der Waals surface area contributed by atoms with Crippen LogP contribution < -0.4 is 4.74 Å². The van der Waals surface area contributed by atoms with Crippen LogP contribution in [0.4, 0.5) is 4.79 Å². The number of nitriles is 1. The van der Waals surface area contributed by atoms with Gasteiger partial charge in [0.05, 0.1) is 10.6 Å². The van der Waals surface area contributed by atoms with E-state index in [1.165, 1.54) is 4.90 Å². The molecule has 2 rings (SSSR count). The molecule has 5 nitrogen and oxygen atoms in total. The summed E-state index contributed by atoms with van der Waals surface area (Å²) in [6.45, 7) is 0.952. The van der Waals surface area contributed by atoms with Crippen LogP contribution in [-0.2, 0) is 0 Å². The van der Waals surface area contributed by atoms with Crippen molar-refractivity contribution >= 4 is 17.7 Å². The Morgan fingerprint density at radius 2 is 2.16 bits per heavy atom. The van der Waals surface area contributed by atoms with Gasteiger partial charge in [0.25, 0.3) is 0 Å². The lowest BCUT2D eigenvalue weighted by atomic mass is 10.1. The van der Waals surface area contributed by atoms with Crippen LogP contribution >= 0.6 is 11.6 Å². The van der Waals surface area contributed by atoms with E-state index in [4.69, 9.17) is 26.7 Å². The maximum Gasteiger partial charge on any atom is 0.407 e. The summed E-state index contributed by atoms with van der Waals surface area (Å²) in [5, 5.41) is 18.0. The zero-order valence-corrected chi connectivity index (χ0v) is 10.9. The van der Waals surface area contributed by atoms with Gasteiger partial charge in [-0.15, -0.1) is 0 Å². The fourth-order valence-electron chi connectivity index (χ4n) is 2.02. The van der Waals surface area contributed by atoms with Gasteiger partial charge in [-0.1, -0.05) is 11.6 Å². The second-order valence-electron chi connectivity index (χ2n) is 4.34. The Labute approximate surface area is 116 Å². The average molecular weight is 281 g/mol. The number of amides is 1. The van der Waals surface area contributed by atoms with Gasteiger partial charge in [-0.3, -0.25) is 0 Å². The van der Waals surface area contributed by atoms with Crippen molar-refractivity contribution in [3.05, 3.63) is 28.8 Å². The molecule has 0 saturated carbocycles. The molecule has 1 aliphatic heterocycles. The number of hydrogen-bond acceptors (Lipinski definition) is 3. The molecule has 1 N–H and O–H groups in total. The first kappa shape index (κ1) is 13.5. The molecule has 1 amide bonds. The highest BCUT2D eigenvalue weighted by atomic mass is 35.5. The quantitative estimate of drug-likeness (QED) is 0.904. The molecule has 19 heavy (non-hydrogen) atoms. The smallest absolute Gasteiger partial charge is 0.407 e. The highest BCUT2D eigenvalue weighted by Gasteiger charge is 2.23. The van der Waals surface area contributed by atoms with E-state index in [9.17, 15) is 4.79 Å². The number of carboxylic acid groups (broad SMARTS) is 1. The first-order valence-electron chi connectivity index (χ1n) is 5.94. The standard InChI is InChI=1S/C13H13ClN2O3/c14-12-7-11(2-1-9(12)8-15)19-10-3-5-16(6-4-10)13(17)18/h1-2,7,10H,3-6H2,(H,17,18). The summed E-state index contributed by atoms with van der Waals surface area (Å²) in [4.78, 5) is 12.2. The molecule has 0 spiro atoms. The number of benzene rings is 1. The average Bonchev–Trinajstić information content (AvgIpc) is 2.39. The molecule has 0 atom stereocenters. The van der Waals surface area contributed by atoms with Crippen LogP contribution in [0.1, 0.15) is 18.4 Å². The summed E-state index contributed by atoms with van der Waals surface area (Å²) in [5.41, 5.74) is 0.412. The van der Waals surface area contributed by atoms with Gasteiger partial charge in [-0.25, -0.2) is 4.79 Å². The van der Waals surface area contributed by atoms with Gasteiger partial charge in [-0.05, 0) is 12.1 Å². The highest BCUT2D eigenvalue weighted by Crippen LogP contribution is 2.24. The maximum atomic E-state index is 10.8. The van der Waals surface area contributed by atoms with E-state index in [0.29, 0.717) is 42.3 Å². The Hall–Kier alpha value is -1.93. The molecule has 6 heteroatoms. The van der Waals surface area contributed by atoms with Crippen molar-refractivity contribution in [2.45, 2.75) is 18.9 Å². The Morgan fingerprint density at radius 3 is 2.68 bits per heavy atom. The fourth-order valence-corrected chi connectivity index (χ4v) is 2.23. The van der Waals surface area contributed by atoms with Crippen molar-refractivity contribution < 1.29 is 14.6 Å². The van der Waals surface area contributed by atoms with Gasteiger partial charge in [0.15, 0.2) is 0 Å². The van der Waals surface area contributed by atoms with Gasteiger partial charge in [0, 0.05) is 32.0 Å². The maximum absolute atomic E-state index is 10.8. The molecule has 0 aliphatic carbocycles. The summed E-state index contributed by atoms with van der Waals surface area (Å²) in [5.74, 6) is 0.609. The van der Waals surface area contributed by atoms with Crippen molar-refractivity contribution in [3.8, 4) is 11.8 Å². The zero-order valence-electron chi connectivity index (χ0n) is 10.2. The van der Waals surface area contributed by atoms with Gasteiger partial charge in [0.1, 0.15) is 17.9 Å². The van der Waals surface area contributed by atoms with E-state index in [2.05, 4.69) is 0 Å². The van der Waals surface area contributed by atoms with Gasteiger partial charge in [-0.2, -0.15) is 5.26 Å². The second-order valence-corrected chi connectivity index (χ2v) is 4.75. The predicted octanol–water partition coefficient (Wildman–Crippen LogP) is 2.73. The van der Waals surface area contributed by atoms with Crippen LogP contribution in [0, 0.1) is 11.3 Å². The molecular weight excluding hydrogens is 268 g/mol. The van der Waals surface area contributed by atoms with Crippen molar-refractivity contribution in [1.29, 1.82) is 5.26 Å². The molecule has 100 valence electrons. The van der Waals surface area contributed by atoms with Crippen molar-refractivity contribution in [2.24, 2.45) is 0 Å². The molecule has 1 aromatic carbocycles. The largest absolute Gasteiger partial charge is 0.490 e. The third kappa shape index (κ3) is 3.30. The monoisotopic (exact) mass is 280 g/mol. The number of halogens is 1. The first-order valence-corrected chi connectivity index (χ1v) is 6.32. The lowest BCUT2D eigenvalue weighted by Gasteiger charge is -2.30. The zero-order chi connectivity index (χ0) is 13.8. The summed E-state index contributed by atoms with van der Waals surface area (Å²) < 4.78 is 5.75. The Bertz CT molecular complexity index is 519. The number of nitrogens with zero attached hydrogens (tertiary/aromatic N) is 2. The lowest BCUT2D eigenvalue weighted by Crippen LogP contribution is -2.41. The van der Waals surface area contributed by atoms with Crippen molar-refractivity contribution in [2.75, 3.05) is 13.1 Å². The van der Waals surface area contributed by atoms with Crippen molar-refractivity contribution in [1.82, 2.24) is 4.90 Å². The minimum Gasteiger partial charge on any atom is -0.490 e. The van der Waals surface area contributed by atoms with E-state index < -0.39 is 6.09 Å². The molecule has 1 heterocycles. The van der Waals surface area contributed by atoms with Crippen LogP contribution in [0.15, 0.2) is 18.2 Å². The number of rotatable bonds is 2. The minimum atomic E-state index is -0.889. The molecular formula is C13H13ClN2O3. The van der Waals surface area contributed by atoms with Gasteiger partial charge in [0.2, 0.25) is 0 Å². The van der Waals surface area contributed by atoms with E-state index >= 15 is 0 Å². The first-order chi connectivity index (χ1) is 9.10. The van der Waals surface area contributed by atoms with Crippen LogP contribution in [-0.4, -0.2) is 35.3 Å². The Balaban J connectivity index is 1.94. The third-order valence-corrected chi connectivity index (χ3v) is 3.39. The summed E-state index contributed by atoms with van der Waals surface area (Å²) in [6.07, 6.45) is 0.410. The van der Waals surface area contributed by atoms with Gasteiger partial charge < -0.3 is 14.7 Å². The van der Waals surface area contributed by atoms with E-state index in [-0.39, 0.29) is 6.10 Å². The van der Waals surface area contributed by atoms with E-state index in [0.717, 1.165) is 0 Å². The number of likely N-dealkylation sites (tertiary alicyclic amines) is 1. The van der Waals surface area contributed by atoms with Crippen LogP contribution in [0.25, 0.3) is 0 Å². The summed E-state index contributed by atoms with van der Waals surface area (Å²) in [6, 6.07) is 6.92. The Kier molecular flexibility index (Phi) is 4.13. The topological polar surface area (TPSA) is 73.6 Å². The van der Waals surface area contributed by atoms with Gasteiger partial charge >= 0.3 is 6.09 Å². The normalized spacial score (nSPS) is 15.9. The molecule has 1 aliphatic rings. The Morgan fingerprint density at radius 1 is 1.47 bits per heavy atom. The summed E-state index contributed by atoms with van der Waals surface area (Å²) in [7, 11) is 0. The lowest BCUT2D eigenvalue weighted by molar-refractivity contribution is 0.0895. The predicted molar refractivity (Wildman–Crippen MR) is 69.4 cm³/mol. The van der Waals surface area contributed by atoms with E-state index in [1.807, 2.05) is 6.07 Å². The summed E-state index contributed by atoms with van der Waals surface area (Å²) >= 11 is 5.92.